The summed E-state index contributed by atoms with van der Waals surface area (Å²) in [6.07, 6.45) is 13.6. The first-order valence-electron chi connectivity index (χ1n) is 13.1. The molecule has 0 radical (unpaired) electrons. The average Bonchev–Trinajstić information content (AvgIpc) is 3.79. The molecule has 10 nitrogen and oxygen atoms in total. The number of hydrazone groups is 2. The molecule has 0 saturated heterocycles. The minimum Gasteiger partial charge on any atom is -1.00 e. The number of aryl methyl sites for hydroxylation is 2. The SMILES string of the molecule is Br.Cn1c(-c2ccc(C=NNc3ccnc(NN=Cc4ccc(-c5c[n+]6ccsc6n5C)cc4)n3)cc2)c[n+]2ccsc12.[Br-]. The van der Waals surface area contributed by atoms with Crippen LogP contribution in [-0.2, 0) is 14.1 Å². The number of imidazole rings is 2. The minimum absolute atomic E-state index is 0. The third-order valence-corrected chi connectivity index (χ3v) is 8.80. The highest BCUT2D eigenvalue weighted by molar-refractivity contribution is 8.93. The van der Waals surface area contributed by atoms with Crippen molar-refractivity contribution in [2.45, 2.75) is 0 Å². The van der Waals surface area contributed by atoms with Crippen LogP contribution in [0.5, 0.6) is 0 Å². The molecule has 7 rings (SSSR count). The molecular weight excluding hydrogens is 724 g/mol. The van der Waals surface area contributed by atoms with E-state index in [9.17, 15) is 0 Å². The van der Waals surface area contributed by atoms with Crippen LogP contribution in [0.25, 0.3) is 32.4 Å². The largest absolute Gasteiger partial charge is 1.00 e. The molecule has 2 N–H and O–H groups in total. The van der Waals surface area contributed by atoms with Crippen molar-refractivity contribution in [3.63, 3.8) is 0 Å². The molecule has 0 aliphatic rings. The van der Waals surface area contributed by atoms with Gasteiger partial charge in [-0.05, 0) is 35.4 Å². The Balaban J connectivity index is 0.00000192. The number of anilines is 2. The lowest BCUT2D eigenvalue weighted by atomic mass is 10.1. The van der Waals surface area contributed by atoms with Crippen molar-refractivity contribution in [3.05, 3.63) is 107 Å². The molecule has 0 amide bonds. The smallest absolute Gasteiger partial charge is 0.345 e. The summed E-state index contributed by atoms with van der Waals surface area (Å²) >= 11 is 3.44. The van der Waals surface area contributed by atoms with Gasteiger partial charge in [-0.15, -0.1) is 17.0 Å². The number of thiazole rings is 2. The van der Waals surface area contributed by atoms with E-state index < -0.39 is 0 Å². The van der Waals surface area contributed by atoms with Crippen LogP contribution in [-0.4, -0.2) is 31.5 Å². The summed E-state index contributed by atoms with van der Waals surface area (Å²) in [5.74, 6) is 0.926. The second kappa shape index (κ2) is 13.6. The Morgan fingerprint density at radius 2 is 1.23 bits per heavy atom. The van der Waals surface area contributed by atoms with Gasteiger partial charge in [0.25, 0.3) is 0 Å². The quantitative estimate of drug-likeness (QED) is 0.142. The average molecular weight is 752 g/mol. The van der Waals surface area contributed by atoms with Crippen LogP contribution in [0, 0.1) is 0 Å². The topological polar surface area (TPSA) is 92.6 Å². The van der Waals surface area contributed by atoms with Crippen molar-refractivity contribution >= 4 is 73.8 Å². The van der Waals surface area contributed by atoms with E-state index in [-0.39, 0.29) is 34.0 Å². The van der Waals surface area contributed by atoms with Crippen molar-refractivity contribution in [3.8, 4) is 22.5 Å². The zero-order valence-corrected chi connectivity index (χ0v) is 28.5. The molecule has 0 bridgehead atoms. The van der Waals surface area contributed by atoms with Gasteiger partial charge < -0.3 is 17.0 Å². The molecule has 0 saturated carbocycles. The molecule has 0 fully saturated rings. The van der Waals surface area contributed by atoms with E-state index in [0.29, 0.717) is 11.8 Å². The van der Waals surface area contributed by atoms with E-state index >= 15 is 0 Å². The molecule has 0 aliphatic carbocycles. The summed E-state index contributed by atoms with van der Waals surface area (Å²) in [6.45, 7) is 0. The van der Waals surface area contributed by atoms with E-state index in [0.717, 1.165) is 33.6 Å². The van der Waals surface area contributed by atoms with Crippen LogP contribution in [0.1, 0.15) is 11.1 Å². The van der Waals surface area contributed by atoms with E-state index in [1.165, 1.54) is 9.92 Å². The maximum atomic E-state index is 4.42. The summed E-state index contributed by atoms with van der Waals surface area (Å²) in [7, 11) is 4.17. The normalized spacial score (nSPS) is 11.3. The second-order valence-electron chi connectivity index (χ2n) is 9.58. The van der Waals surface area contributed by atoms with Crippen molar-refractivity contribution in [1.29, 1.82) is 0 Å². The summed E-state index contributed by atoms with van der Waals surface area (Å²) in [6, 6.07) is 18.3. The number of aromatic nitrogens is 6. The highest BCUT2D eigenvalue weighted by Crippen LogP contribution is 2.23. The number of benzene rings is 2. The van der Waals surface area contributed by atoms with Crippen molar-refractivity contribution in [2.75, 3.05) is 10.9 Å². The van der Waals surface area contributed by atoms with Crippen LogP contribution in [0.3, 0.4) is 0 Å². The van der Waals surface area contributed by atoms with E-state index in [1.807, 2.05) is 24.3 Å². The number of fused-ring (bicyclic) bond motifs is 2. The zero-order chi connectivity index (χ0) is 28.5. The Labute approximate surface area is 282 Å². The highest BCUT2D eigenvalue weighted by atomic mass is 79.9. The van der Waals surface area contributed by atoms with Gasteiger partial charge in [-0.1, -0.05) is 46.9 Å². The predicted octanol–water partition coefficient (Wildman–Crippen LogP) is 2.56. The molecule has 5 heterocycles. The van der Waals surface area contributed by atoms with Crippen molar-refractivity contribution < 1.29 is 25.8 Å². The molecule has 5 aromatic heterocycles. The van der Waals surface area contributed by atoms with Gasteiger partial charge in [0.05, 0.1) is 26.5 Å². The second-order valence-corrected chi connectivity index (χ2v) is 11.3. The van der Waals surface area contributed by atoms with Gasteiger partial charge in [0.15, 0.2) is 17.2 Å². The van der Waals surface area contributed by atoms with Gasteiger partial charge in [0.2, 0.25) is 5.95 Å². The van der Waals surface area contributed by atoms with Gasteiger partial charge >= 0.3 is 9.92 Å². The zero-order valence-electron chi connectivity index (χ0n) is 23.6. The van der Waals surface area contributed by atoms with E-state index in [4.69, 9.17) is 0 Å². The van der Waals surface area contributed by atoms with Gasteiger partial charge in [0, 0.05) is 34.2 Å². The predicted molar refractivity (Wildman–Crippen MR) is 179 cm³/mol. The van der Waals surface area contributed by atoms with Gasteiger partial charge in [0.1, 0.15) is 24.8 Å². The molecule has 2 aromatic carbocycles. The Kier molecular flexibility index (Phi) is 9.64. The highest BCUT2D eigenvalue weighted by Gasteiger charge is 2.17. The molecule has 7 aromatic rings. The third-order valence-electron chi connectivity index (χ3n) is 6.89. The van der Waals surface area contributed by atoms with Crippen LogP contribution < -0.4 is 36.6 Å². The molecule has 14 heteroatoms. The summed E-state index contributed by atoms with van der Waals surface area (Å²) in [5.41, 5.74) is 12.4. The van der Waals surface area contributed by atoms with Crippen LogP contribution >= 0.6 is 39.7 Å². The van der Waals surface area contributed by atoms with Gasteiger partial charge in [-0.25, -0.2) is 19.5 Å². The molecular formula is C30H27Br2N10S2+. The number of hydrogen-bond donors (Lipinski definition) is 2. The van der Waals surface area contributed by atoms with Gasteiger partial charge in [-0.3, -0.25) is 5.43 Å². The molecule has 0 spiro atoms. The third kappa shape index (κ3) is 6.33. The Bertz CT molecular complexity index is 1930. The fraction of sp³-hybridized carbons (Fsp3) is 0.0667. The number of rotatable bonds is 8. The molecule has 44 heavy (non-hydrogen) atoms. The maximum absolute atomic E-state index is 4.42. The number of hydrogen-bond acceptors (Lipinski definition) is 8. The lowest BCUT2D eigenvalue weighted by Gasteiger charge is -2.02. The fourth-order valence-electron chi connectivity index (χ4n) is 4.74. The number of nitrogens with one attached hydrogen (secondary N) is 2. The standard InChI is InChI=1S/C30H26N10S2.2BrH/c1-37-25(19-39-13-15-41-29(37)39)23-7-3-21(4-8-23)17-32-35-27-11-12-31-28(34-27)36-33-18-22-5-9-24(10-6-22)26-20-40-14-16-42-30(40)38(26)2;;/h3-20H,1-2H3,(H2,31,34,35,36);2*1H/q+2;;/p-1. The minimum atomic E-state index is 0. The first-order chi connectivity index (χ1) is 20.6. The Morgan fingerprint density at radius 1 is 0.727 bits per heavy atom. The first-order valence-corrected chi connectivity index (χ1v) is 14.9. The number of halogens is 2. The van der Waals surface area contributed by atoms with E-state index in [2.05, 4.69) is 123 Å². The molecule has 0 unspecified atom stereocenters. The fourth-order valence-corrected chi connectivity index (χ4v) is 6.35. The maximum Gasteiger partial charge on any atom is 0.345 e. The molecule has 0 atom stereocenters. The summed E-state index contributed by atoms with van der Waals surface area (Å²) < 4.78 is 8.67. The van der Waals surface area contributed by atoms with E-state index in [1.54, 1.807) is 47.4 Å². The van der Waals surface area contributed by atoms with Crippen LogP contribution in [0.2, 0.25) is 0 Å². The Morgan fingerprint density at radius 3 is 1.73 bits per heavy atom. The van der Waals surface area contributed by atoms with Gasteiger partial charge in [-0.2, -0.15) is 24.0 Å². The number of nitrogens with zero attached hydrogens (tertiary/aromatic N) is 8. The van der Waals surface area contributed by atoms with Crippen molar-refractivity contribution in [2.24, 2.45) is 24.3 Å². The Hall–Kier alpha value is -4.24. The van der Waals surface area contributed by atoms with Crippen LogP contribution in [0.15, 0.2) is 107 Å². The molecule has 222 valence electrons. The first kappa shape index (κ1) is 31.2. The lowest BCUT2D eigenvalue weighted by Crippen LogP contribution is -3.00. The summed E-state index contributed by atoms with van der Waals surface area (Å²) in [4.78, 5) is 11.1. The summed E-state index contributed by atoms with van der Waals surface area (Å²) in [5, 5.41) is 12.8. The molecule has 0 aliphatic heterocycles. The monoisotopic (exact) mass is 749 g/mol. The van der Waals surface area contributed by atoms with Crippen molar-refractivity contribution in [1.82, 2.24) is 19.1 Å². The van der Waals surface area contributed by atoms with Crippen LogP contribution in [0.4, 0.5) is 11.8 Å². The lowest BCUT2D eigenvalue weighted by molar-refractivity contribution is -0.505.